The second-order valence-electron chi connectivity index (χ2n) is 7.61. The number of hydrogen-bond acceptors (Lipinski definition) is 5. The Morgan fingerprint density at radius 3 is 2.66 bits per heavy atom. The maximum absolute atomic E-state index is 14.1. The van der Waals surface area contributed by atoms with Gasteiger partial charge in [-0.15, -0.1) is 0 Å². The third-order valence-corrected chi connectivity index (χ3v) is 5.65. The molecular weight excluding hydrogens is 413 g/mol. The molecule has 3 aromatic rings. The summed E-state index contributed by atoms with van der Waals surface area (Å²) >= 11 is 0. The molecule has 0 radical (unpaired) electrons. The molecule has 1 N–H and O–H groups in total. The lowest BCUT2D eigenvalue weighted by Crippen LogP contribution is -2.55. The fourth-order valence-electron chi connectivity index (χ4n) is 4.15. The summed E-state index contributed by atoms with van der Waals surface area (Å²) in [6, 6.07) is 14.6. The number of aromatic nitrogens is 1. The van der Waals surface area contributed by atoms with Gasteiger partial charge in [-0.1, -0.05) is 36.4 Å². The Hall–Kier alpha value is -4.07. The zero-order valence-corrected chi connectivity index (χ0v) is 17.0. The number of carbonyl (C=O) groups is 1. The number of benzene rings is 2. The van der Waals surface area contributed by atoms with E-state index in [-0.39, 0.29) is 25.5 Å². The summed E-state index contributed by atoms with van der Waals surface area (Å²) in [7, 11) is 0. The second kappa shape index (κ2) is 7.88. The van der Waals surface area contributed by atoms with Gasteiger partial charge in [0.25, 0.3) is 5.91 Å². The van der Waals surface area contributed by atoms with Crippen LogP contribution in [0, 0.1) is 5.82 Å². The number of rotatable bonds is 1. The van der Waals surface area contributed by atoms with E-state index in [1.54, 1.807) is 18.2 Å². The Bertz CT molecular complexity index is 1270. The summed E-state index contributed by atoms with van der Waals surface area (Å²) in [6.45, 7) is 0.637. The molecular formula is C24H20FN3O4. The first kappa shape index (κ1) is 19.9. The zero-order valence-electron chi connectivity index (χ0n) is 17.0. The molecule has 0 unspecified atom stereocenters. The average molecular weight is 433 g/mol. The molecule has 2 aliphatic heterocycles. The van der Waals surface area contributed by atoms with Crippen LogP contribution in [0.15, 0.2) is 77.7 Å². The van der Waals surface area contributed by atoms with Crippen LogP contribution in [0.4, 0.5) is 4.39 Å². The number of hydrogen-bond donors (Lipinski definition) is 1. The van der Waals surface area contributed by atoms with Crippen molar-refractivity contribution in [2.75, 3.05) is 24.8 Å². The first-order valence-corrected chi connectivity index (χ1v) is 10.2. The van der Waals surface area contributed by atoms with Gasteiger partial charge < -0.3 is 14.7 Å². The van der Waals surface area contributed by atoms with E-state index in [0.29, 0.717) is 11.3 Å². The number of amides is 1. The maximum Gasteiger partial charge on any atom is 0.278 e. The van der Waals surface area contributed by atoms with Crippen LogP contribution in [0.1, 0.15) is 27.7 Å². The van der Waals surface area contributed by atoms with Crippen molar-refractivity contribution in [2.24, 2.45) is 0 Å². The molecule has 0 saturated carbocycles. The van der Waals surface area contributed by atoms with Gasteiger partial charge in [0.15, 0.2) is 11.4 Å². The Morgan fingerprint density at radius 1 is 1.03 bits per heavy atom. The molecule has 2 aromatic carbocycles. The Labute approximate surface area is 183 Å². The van der Waals surface area contributed by atoms with Crippen molar-refractivity contribution in [3.05, 3.63) is 106 Å². The van der Waals surface area contributed by atoms with Gasteiger partial charge in [0.05, 0.1) is 0 Å². The fraction of sp³-hybridized carbons (Fsp3) is 0.167. The van der Waals surface area contributed by atoms with Gasteiger partial charge in [0.1, 0.15) is 30.9 Å². The molecule has 3 heterocycles. The summed E-state index contributed by atoms with van der Waals surface area (Å²) < 4.78 is 21.5. The first-order valence-electron chi connectivity index (χ1n) is 10.2. The highest BCUT2D eigenvalue weighted by Crippen LogP contribution is 2.37. The topological polar surface area (TPSA) is 75.0 Å². The highest BCUT2D eigenvalue weighted by molar-refractivity contribution is 5.96. The van der Waals surface area contributed by atoms with Crippen molar-refractivity contribution in [1.82, 2.24) is 9.58 Å². The Balaban J connectivity index is 1.80. The van der Waals surface area contributed by atoms with Gasteiger partial charge in [0, 0.05) is 30.4 Å². The van der Waals surface area contributed by atoms with E-state index < -0.39 is 28.9 Å². The molecule has 1 amide bonds. The van der Waals surface area contributed by atoms with Crippen LogP contribution < -0.4 is 15.2 Å². The minimum atomic E-state index is -0.631. The summed E-state index contributed by atoms with van der Waals surface area (Å²) in [5.74, 6) is -1.10. The lowest BCUT2D eigenvalue weighted by molar-refractivity contribution is 0.0701. The average Bonchev–Trinajstić information content (AvgIpc) is 2.82. The first-order chi connectivity index (χ1) is 15.5. The van der Waals surface area contributed by atoms with Gasteiger partial charge in [-0.05, 0) is 23.8 Å². The normalized spacial score (nSPS) is 18.8. The van der Waals surface area contributed by atoms with E-state index in [2.05, 4.69) is 0 Å². The lowest BCUT2D eigenvalue weighted by atomic mass is 9.97. The van der Waals surface area contributed by atoms with Crippen molar-refractivity contribution in [2.45, 2.75) is 6.04 Å². The van der Waals surface area contributed by atoms with Crippen LogP contribution >= 0.6 is 0 Å². The number of fused-ring (bicyclic) bond motifs is 5. The molecule has 5 rings (SSSR count). The van der Waals surface area contributed by atoms with Crippen molar-refractivity contribution in [3.8, 4) is 11.5 Å². The van der Waals surface area contributed by atoms with Gasteiger partial charge >= 0.3 is 0 Å². The number of carbonyl (C=O) groups excluding carboxylic acids is 1. The number of ether oxygens (including phenoxy) is 1. The third-order valence-electron chi connectivity index (χ3n) is 5.65. The Kier molecular flexibility index (Phi) is 4.89. The van der Waals surface area contributed by atoms with E-state index in [0.717, 1.165) is 5.56 Å². The van der Waals surface area contributed by atoms with Crippen LogP contribution in [-0.2, 0) is 0 Å². The Morgan fingerprint density at radius 2 is 1.84 bits per heavy atom. The van der Waals surface area contributed by atoms with Crippen LogP contribution in [0.3, 0.4) is 0 Å². The molecule has 32 heavy (non-hydrogen) atoms. The maximum atomic E-state index is 14.1. The molecule has 0 fully saturated rings. The molecule has 0 saturated heterocycles. The van der Waals surface area contributed by atoms with Crippen LogP contribution in [0.25, 0.3) is 0 Å². The molecule has 1 atom stereocenters. The van der Waals surface area contributed by atoms with E-state index >= 15 is 0 Å². The summed E-state index contributed by atoms with van der Waals surface area (Å²) in [5, 5.41) is 12.4. The number of halogens is 1. The minimum absolute atomic E-state index is 0.109. The highest BCUT2D eigenvalue weighted by atomic mass is 19.1. The van der Waals surface area contributed by atoms with Crippen molar-refractivity contribution in [1.29, 1.82) is 0 Å². The number of nitrogens with zero attached hydrogens (tertiary/aromatic N) is 3. The van der Waals surface area contributed by atoms with Crippen molar-refractivity contribution in [3.63, 3.8) is 0 Å². The second-order valence-corrected chi connectivity index (χ2v) is 7.61. The van der Waals surface area contributed by atoms with Gasteiger partial charge in [-0.2, -0.15) is 0 Å². The predicted octanol–water partition coefficient (Wildman–Crippen LogP) is 2.78. The lowest BCUT2D eigenvalue weighted by Gasteiger charge is -2.43. The van der Waals surface area contributed by atoms with Crippen LogP contribution in [-0.4, -0.2) is 40.4 Å². The molecule has 7 nitrogen and oxygen atoms in total. The van der Waals surface area contributed by atoms with Gasteiger partial charge in [-0.3, -0.25) is 19.3 Å². The number of aromatic hydroxyl groups is 1. The standard InChI is InChI=1S/C24H20FN3O4/c25-17-8-9-18-20(14-17)32-13-5-4-11-26-15-28(21(18)16-6-2-1-3-7-16)27-12-10-19(29)23(30)22(27)24(26)31/h1-10,12,14,21,30H,11,13,15H2/b5-4+/t21-/m0/s1. The smallest absolute Gasteiger partial charge is 0.278 e. The van der Waals surface area contributed by atoms with E-state index in [1.807, 2.05) is 35.3 Å². The molecule has 1 aromatic heterocycles. The van der Waals surface area contributed by atoms with E-state index in [9.17, 15) is 19.1 Å². The van der Waals surface area contributed by atoms with Crippen molar-refractivity contribution >= 4 is 5.91 Å². The molecule has 2 aliphatic rings. The van der Waals surface area contributed by atoms with Gasteiger partial charge in [-0.25, -0.2) is 4.39 Å². The van der Waals surface area contributed by atoms with Gasteiger partial charge in [0.2, 0.25) is 5.43 Å². The third kappa shape index (κ3) is 3.30. The molecule has 8 heteroatoms. The largest absolute Gasteiger partial charge is 0.502 e. The predicted molar refractivity (Wildman–Crippen MR) is 116 cm³/mol. The minimum Gasteiger partial charge on any atom is -0.502 e. The van der Waals surface area contributed by atoms with Crippen LogP contribution in [0.5, 0.6) is 11.5 Å². The van der Waals surface area contributed by atoms with E-state index in [4.69, 9.17) is 4.74 Å². The molecule has 0 spiro atoms. The quantitative estimate of drug-likeness (QED) is 0.598. The molecule has 162 valence electrons. The summed E-state index contributed by atoms with van der Waals surface area (Å²) in [6.07, 6.45) is 5.00. The monoisotopic (exact) mass is 433 g/mol. The molecule has 0 aliphatic carbocycles. The van der Waals surface area contributed by atoms with E-state index in [1.165, 1.54) is 34.0 Å². The summed E-state index contributed by atoms with van der Waals surface area (Å²) in [4.78, 5) is 26.8. The zero-order chi connectivity index (χ0) is 22.2. The SMILES string of the molecule is O=C1c2c(O)c(=O)ccn2N2CN1C/C=C/COc1cc(F)ccc1[C@@H]2c1ccccc1. The highest BCUT2D eigenvalue weighted by Gasteiger charge is 2.37. The van der Waals surface area contributed by atoms with Crippen LogP contribution in [0.2, 0.25) is 0 Å². The number of pyridine rings is 1. The molecule has 2 bridgehead atoms. The summed E-state index contributed by atoms with van der Waals surface area (Å²) in [5.41, 5.74) is 0.816. The van der Waals surface area contributed by atoms with Crippen molar-refractivity contribution < 1.29 is 19.0 Å². The fourth-order valence-corrected chi connectivity index (χ4v) is 4.15.